The van der Waals surface area contributed by atoms with Crippen molar-refractivity contribution in [2.75, 3.05) is 18.0 Å². The van der Waals surface area contributed by atoms with Crippen molar-refractivity contribution in [2.24, 2.45) is 0 Å². The van der Waals surface area contributed by atoms with Crippen LogP contribution in [0.5, 0.6) is 5.75 Å². The number of benzene rings is 1. The molecule has 0 amide bonds. The minimum absolute atomic E-state index is 0.00958. The molecule has 2 N–H and O–H groups in total. The first-order valence-electron chi connectivity index (χ1n) is 6.43. The Labute approximate surface area is 111 Å². The number of carboxylic acid groups (broad SMARTS) is 1. The predicted octanol–water partition coefficient (Wildman–Crippen LogP) is 1.85. The lowest BCUT2D eigenvalue weighted by atomic mass is 10.1. The lowest BCUT2D eigenvalue weighted by molar-refractivity contribution is 0.0694. The van der Waals surface area contributed by atoms with Crippen LogP contribution >= 0.6 is 0 Å². The average molecular weight is 260 g/mol. The number of hydrogen-bond donors (Lipinski definition) is 2. The number of aromatic hydroxyl groups is 1. The molecular weight excluding hydrogens is 244 g/mol. The first-order valence-corrected chi connectivity index (χ1v) is 6.43. The smallest absolute Gasteiger partial charge is 0.341 e. The minimum atomic E-state index is -1.09. The first-order chi connectivity index (χ1) is 9.18. The van der Waals surface area contributed by atoms with E-state index in [1.165, 1.54) is 6.07 Å². The largest absolute Gasteiger partial charge is 0.507 e. The number of rotatable bonds is 2. The van der Waals surface area contributed by atoms with Gasteiger partial charge in [-0.2, -0.15) is 0 Å². The van der Waals surface area contributed by atoms with Gasteiger partial charge >= 0.3 is 5.97 Å². The Bertz CT molecular complexity index is 541. The van der Waals surface area contributed by atoms with Crippen LogP contribution in [0.4, 0.5) is 5.69 Å². The Morgan fingerprint density at radius 3 is 3.00 bits per heavy atom. The minimum Gasteiger partial charge on any atom is -0.507 e. The van der Waals surface area contributed by atoms with E-state index < -0.39 is 5.97 Å². The molecule has 0 spiro atoms. The molecule has 2 aliphatic rings. The van der Waals surface area contributed by atoms with E-state index in [2.05, 4.69) is 16.0 Å². The number of anilines is 1. The number of carbonyl (C=O) groups is 1. The van der Waals surface area contributed by atoms with Gasteiger partial charge in [0, 0.05) is 13.1 Å². The van der Waals surface area contributed by atoms with E-state index in [4.69, 9.17) is 0 Å². The van der Waals surface area contributed by atoms with Gasteiger partial charge in [0.25, 0.3) is 0 Å². The summed E-state index contributed by atoms with van der Waals surface area (Å²) in [6.45, 7) is 1.67. The van der Waals surface area contributed by atoms with E-state index in [-0.39, 0.29) is 17.5 Å². The molecule has 3 rings (SSSR count). The molecule has 5 heteroatoms. The molecule has 1 unspecified atom stereocenters. The maximum atomic E-state index is 11.4. The van der Waals surface area contributed by atoms with Gasteiger partial charge in [-0.3, -0.25) is 0 Å². The molecule has 0 aliphatic carbocycles. The number of nitrogens with zero attached hydrogens (tertiary/aromatic N) is 2. The zero-order valence-electron chi connectivity index (χ0n) is 10.5. The van der Waals surface area contributed by atoms with E-state index in [9.17, 15) is 15.0 Å². The van der Waals surface area contributed by atoms with Crippen molar-refractivity contribution in [1.29, 1.82) is 0 Å². The lowest BCUT2D eigenvalue weighted by Gasteiger charge is -2.39. The fourth-order valence-corrected chi connectivity index (χ4v) is 2.94. The maximum absolute atomic E-state index is 11.4. The summed E-state index contributed by atoms with van der Waals surface area (Å²) in [6, 6.07) is 4.87. The molecule has 1 atom stereocenters. The van der Waals surface area contributed by atoms with Crippen LogP contribution in [0.1, 0.15) is 23.2 Å². The van der Waals surface area contributed by atoms with Gasteiger partial charge in [0.2, 0.25) is 0 Å². The second-order valence-electron chi connectivity index (χ2n) is 4.87. The lowest BCUT2D eigenvalue weighted by Crippen LogP contribution is -2.46. The molecule has 1 saturated heterocycles. The van der Waals surface area contributed by atoms with E-state index in [1.807, 2.05) is 6.08 Å². The van der Waals surface area contributed by atoms with Crippen LogP contribution in [-0.2, 0) is 0 Å². The highest BCUT2D eigenvalue weighted by Crippen LogP contribution is 2.34. The molecule has 1 fully saturated rings. The van der Waals surface area contributed by atoms with Crippen LogP contribution in [0.15, 0.2) is 30.5 Å². The van der Waals surface area contributed by atoms with Crippen molar-refractivity contribution >= 4 is 11.7 Å². The van der Waals surface area contributed by atoms with E-state index in [0.29, 0.717) is 12.2 Å². The molecule has 19 heavy (non-hydrogen) atoms. The molecule has 0 saturated carbocycles. The molecule has 0 bridgehead atoms. The Morgan fingerprint density at radius 2 is 2.21 bits per heavy atom. The third-order valence-corrected chi connectivity index (χ3v) is 3.76. The van der Waals surface area contributed by atoms with Gasteiger partial charge < -0.3 is 20.0 Å². The molecular formula is C14H16N2O3. The SMILES string of the molecule is O=C(O)c1c(O)cccc1N1CC=CN2CCCC21. The third kappa shape index (κ3) is 1.91. The van der Waals surface area contributed by atoms with E-state index in [1.54, 1.807) is 12.1 Å². The number of aromatic carboxylic acids is 1. The van der Waals surface area contributed by atoms with E-state index >= 15 is 0 Å². The molecule has 0 radical (unpaired) electrons. The van der Waals surface area contributed by atoms with E-state index in [0.717, 1.165) is 19.4 Å². The molecule has 1 aromatic carbocycles. The molecule has 0 aromatic heterocycles. The summed E-state index contributed by atoms with van der Waals surface area (Å²) >= 11 is 0. The average Bonchev–Trinajstić information content (AvgIpc) is 2.85. The quantitative estimate of drug-likeness (QED) is 0.849. The highest BCUT2D eigenvalue weighted by molar-refractivity contribution is 5.97. The zero-order chi connectivity index (χ0) is 13.4. The van der Waals surface area contributed by atoms with Gasteiger partial charge in [0.05, 0.1) is 5.69 Å². The summed E-state index contributed by atoms with van der Waals surface area (Å²) in [5.41, 5.74) is 0.582. The Morgan fingerprint density at radius 1 is 1.37 bits per heavy atom. The van der Waals surface area contributed by atoms with Crippen molar-refractivity contribution in [2.45, 2.75) is 19.0 Å². The number of fused-ring (bicyclic) bond motifs is 1. The molecule has 1 aromatic rings. The predicted molar refractivity (Wildman–Crippen MR) is 71.3 cm³/mol. The van der Waals surface area contributed by atoms with Crippen molar-refractivity contribution in [1.82, 2.24) is 4.90 Å². The summed E-state index contributed by atoms with van der Waals surface area (Å²) in [5, 5.41) is 19.1. The highest BCUT2D eigenvalue weighted by Gasteiger charge is 2.32. The van der Waals surface area contributed by atoms with Gasteiger partial charge in [0.1, 0.15) is 17.5 Å². The van der Waals surface area contributed by atoms with Crippen molar-refractivity contribution in [3.05, 3.63) is 36.0 Å². The summed E-state index contributed by atoms with van der Waals surface area (Å²) in [7, 11) is 0. The Hall–Kier alpha value is -2.17. The third-order valence-electron chi connectivity index (χ3n) is 3.76. The fraction of sp³-hybridized carbons (Fsp3) is 0.357. The van der Waals surface area contributed by atoms with Crippen molar-refractivity contribution in [3.8, 4) is 5.75 Å². The summed E-state index contributed by atoms with van der Waals surface area (Å²) in [4.78, 5) is 15.6. The molecule has 100 valence electrons. The molecule has 2 heterocycles. The molecule has 5 nitrogen and oxygen atoms in total. The van der Waals surface area contributed by atoms with Gasteiger partial charge in [-0.05, 0) is 37.3 Å². The summed E-state index contributed by atoms with van der Waals surface area (Å²) < 4.78 is 0. The fourth-order valence-electron chi connectivity index (χ4n) is 2.94. The van der Waals surface area contributed by atoms with Gasteiger partial charge in [-0.25, -0.2) is 4.79 Å². The van der Waals surface area contributed by atoms with Crippen LogP contribution < -0.4 is 4.90 Å². The van der Waals surface area contributed by atoms with Crippen molar-refractivity contribution in [3.63, 3.8) is 0 Å². The number of hydrogen-bond acceptors (Lipinski definition) is 4. The second kappa shape index (κ2) is 4.50. The normalized spacial score (nSPS) is 21.6. The zero-order valence-corrected chi connectivity index (χ0v) is 10.5. The topological polar surface area (TPSA) is 64.0 Å². The first kappa shape index (κ1) is 11.9. The van der Waals surface area contributed by atoms with Crippen LogP contribution in [-0.4, -0.2) is 40.3 Å². The highest BCUT2D eigenvalue weighted by atomic mass is 16.4. The molecule has 2 aliphatic heterocycles. The Balaban J connectivity index is 2.05. The van der Waals surface area contributed by atoms with Gasteiger partial charge in [0.15, 0.2) is 0 Å². The van der Waals surface area contributed by atoms with Crippen LogP contribution in [0.3, 0.4) is 0 Å². The summed E-state index contributed by atoms with van der Waals surface area (Å²) in [5.74, 6) is -1.27. The van der Waals surface area contributed by atoms with Gasteiger partial charge in [-0.1, -0.05) is 6.07 Å². The van der Waals surface area contributed by atoms with Gasteiger partial charge in [-0.15, -0.1) is 0 Å². The standard InChI is InChI=1S/C14H16N2O3/c17-11-5-1-4-10(13(11)14(18)19)16-9-3-8-15-7-2-6-12(15)16/h1,3-5,8,12,17H,2,6-7,9H2,(H,18,19). The maximum Gasteiger partial charge on any atom is 0.341 e. The summed E-state index contributed by atoms with van der Waals surface area (Å²) in [6.07, 6.45) is 6.42. The monoisotopic (exact) mass is 260 g/mol. The van der Waals surface area contributed by atoms with Crippen molar-refractivity contribution < 1.29 is 15.0 Å². The van der Waals surface area contributed by atoms with Crippen LogP contribution in [0.25, 0.3) is 0 Å². The number of carboxylic acids is 1. The second-order valence-corrected chi connectivity index (χ2v) is 4.87. The Kier molecular flexibility index (Phi) is 2.81. The number of phenols is 1. The van der Waals surface area contributed by atoms with Crippen LogP contribution in [0, 0.1) is 0 Å². The van der Waals surface area contributed by atoms with Crippen LogP contribution in [0.2, 0.25) is 0 Å².